The van der Waals surface area contributed by atoms with Crippen molar-refractivity contribution in [3.8, 4) is 5.75 Å². The molecule has 1 heterocycles. The molecule has 0 aliphatic heterocycles. The number of aromatic nitrogens is 1. The van der Waals surface area contributed by atoms with Gasteiger partial charge in [-0.1, -0.05) is 30.3 Å². The average Bonchev–Trinajstić information content (AvgIpc) is 3.06. The highest BCUT2D eigenvalue weighted by molar-refractivity contribution is 6.00. The van der Waals surface area contributed by atoms with Crippen molar-refractivity contribution in [2.45, 2.75) is 50.2 Å². The quantitative estimate of drug-likeness (QED) is 0.0976. The van der Waals surface area contributed by atoms with Gasteiger partial charge in [-0.2, -0.15) is 0 Å². The minimum absolute atomic E-state index is 0.0770. The van der Waals surface area contributed by atoms with E-state index in [1.165, 1.54) is 23.2 Å². The van der Waals surface area contributed by atoms with E-state index in [4.69, 9.17) is 22.9 Å². The van der Waals surface area contributed by atoms with Gasteiger partial charge in [0.15, 0.2) is 0 Å². The molecule has 17 heteroatoms. The SMILES string of the molecule is NCCC[C@H](NC(=O)[C@H](N)CC(=O)N(CCN)CCN)C(=O)N[C@@H](Cc1ccc(OC(F)(F)F)cc1)C(=O)Nc1cnc2ccccc2c1. The van der Waals surface area contributed by atoms with Gasteiger partial charge in [0, 0.05) is 38.0 Å². The molecule has 0 saturated heterocycles. The van der Waals surface area contributed by atoms with E-state index in [9.17, 15) is 32.3 Å². The number of fused-ring (bicyclic) bond motifs is 1. The number of amides is 4. The van der Waals surface area contributed by atoms with Gasteiger partial charge in [-0.25, -0.2) is 0 Å². The van der Waals surface area contributed by atoms with Gasteiger partial charge in [0.1, 0.15) is 17.8 Å². The molecule has 49 heavy (non-hydrogen) atoms. The number of nitrogens with two attached hydrogens (primary N) is 4. The number of carbonyl (C=O) groups excluding carboxylic acids is 4. The van der Waals surface area contributed by atoms with Gasteiger partial charge < -0.3 is 48.5 Å². The highest BCUT2D eigenvalue weighted by Crippen LogP contribution is 2.23. The fourth-order valence-electron chi connectivity index (χ4n) is 4.87. The molecule has 1 aromatic heterocycles. The fourth-order valence-corrected chi connectivity index (χ4v) is 4.87. The Morgan fingerprint density at radius 1 is 0.857 bits per heavy atom. The Bertz CT molecular complexity index is 1550. The summed E-state index contributed by atoms with van der Waals surface area (Å²) >= 11 is 0. The zero-order valence-corrected chi connectivity index (χ0v) is 26.7. The first-order valence-electron chi connectivity index (χ1n) is 15.6. The number of hydrogen-bond acceptors (Lipinski definition) is 10. The van der Waals surface area contributed by atoms with Crippen LogP contribution in [0.15, 0.2) is 60.8 Å². The molecule has 11 N–H and O–H groups in total. The molecule has 3 rings (SSSR count). The Morgan fingerprint density at radius 3 is 2.14 bits per heavy atom. The molecule has 14 nitrogen and oxygen atoms in total. The van der Waals surface area contributed by atoms with E-state index in [0.717, 1.165) is 17.5 Å². The van der Waals surface area contributed by atoms with Crippen molar-refractivity contribution in [2.75, 3.05) is 38.0 Å². The van der Waals surface area contributed by atoms with Crippen LogP contribution in [0, 0.1) is 0 Å². The van der Waals surface area contributed by atoms with E-state index < -0.39 is 53.9 Å². The number of pyridine rings is 1. The number of hydrogen-bond donors (Lipinski definition) is 7. The number of nitrogens with zero attached hydrogens (tertiary/aromatic N) is 2. The third-order valence-corrected chi connectivity index (χ3v) is 7.30. The second-order valence-corrected chi connectivity index (χ2v) is 11.1. The number of nitrogens with one attached hydrogen (secondary N) is 3. The zero-order chi connectivity index (χ0) is 36.0. The van der Waals surface area contributed by atoms with Gasteiger partial charge in [0.2, 0.25) is 23.6 Å². The smallest absolute Gasteiger partial charge is 0.406 e. The lowest BCUT2D eigenvalue weighted by molar-refractivity contribution is -0.274. The van der Waals surface area contributed by atoms with Crippen LogP contribution in [0.4, 0.5) is 18.9 Å². The third-order valence-electron chi connectivity index (χ3n) is 7.30. The summed E-state index contributed by atoms with van der Waals surface area (Å²) in [5, 5.41) is 8.65. The highest BCUT2D eigenvalue weighted by atomic mass is 19.4. The summed E-state index contributed by atoms with van der Waals surface area (Å²) in [6, 6.07) is 9.97. The van der Waals surface area contributed by atoms with Crippen molar-refractivity contribution in [3.63, 3.8) is 0 Å². The molecule has 266 valence electrons. The average molecular weight is 690 g/mol. The van der Waals surface area contributed by atoms with Gasteiger partial charge in [0.25, 0.3) is 0 Å². The maximum Gasteiger partial charge on any atom is 0.573 e. The van der Waals surface area contributed by atoms with Crippen molar-refractivity contribution in [2.24, 2.45) is 22.9 Å². The summed E-state index contributed by atoms with van der Waals surface area (Å²) in [7, 11) is 0. The molecule has 3 aromatic rings. The highest BCUT2D eigenvalue weighted by Gasteiger charge is 2.32. The van der Waals surface area contributed by atoms with Crippen molar-refractivity contribution < 1.29 is 37.1 Å². The van der Waals surface area contributed by atoms with Gasteiger partial charge in [-0.15, -0.1) is 13.2 Å². The first kappa shape index (κ1) is 38.6. The molecule has 0 bridgehead atoms. The van der Waals surface area contributed by atoms with Crippen molar-refractivity contribution >= 4 is 40.2 Å². The number of alkyl halides is 3. The Kier molecular flexibility index (Phi) is 14.7. The first-order chi connectivity index (χ1) is 23.3. The zero-order valence-electron chi connectivity index (χ0n) is 26.7. The maximum absolute atomic E-state index is 13.6. The summed E-state index contributed by atoms with van der Waals surface area (Å²) < 4.78 is 41.9. The normalized spacial score (nSPS) is 13.2. The second kappa shape index (κ2) is 18.6. The van der Waals surface area contributed by atoms with Crippen LogP contribution in [0.3, 0.4) is 0 Å². The van der Waals surface area contributed by atoms with Crippen LogP contribution in [-0.4, -0.2) is 90.7 Å². The van der Waals surface area contributed by atoms with E-state index >= 15 is 0 Å². The van der Waals surface area contributed by atoms with Crippen LogP contribution in [0.5, 0.6) is 5.75 Å². The van der Waals surface area contributed by atoms with Crippen LogP contribution in [0.2, 0.25) is 0 Å². The van der Waals surface area contributed by atoms with Crippen molar-refractivity contribution in [3.05, 3.63) is 66.4 Å². The molecule has 2 aromatic carbocycles. The molecule has 0 fully saturated rings. The number of anilines is 1. The number of ether oxygens (including phenoxy) is 1. The maximum atomic E-state index is 13.6. The molecule has 3 atom stereocenters. The third kappa shape index (κ3) is 12.6. The molecule has 4 amide bonds. The van der Waals surface area contributed by atoms with E-state index in [1.807, 2.05) is 6.07 Å². The summed E-state index contributed by atoms with van der Waals surface area (Å²) in [6.07, 6.45) is -3.57. The Labute approximate surface area is 281 Å². The van der Waals surface area contributed by atoms with Crippen molar-refractivity contribution in [1.82, 2.24) is 20.5 Å². The topological polar surface area (TPSA) is 234 Å². The van der Waals surface area contributed by atoms with Gasteiger partial charge >= 0.3 is 6.36 Å². The lowest BCUT2D eigenvalue weighted by Crippen LogP contribution is -2.56. The minimum atomic E-state index is -4.89. The predicted molar refractivity (Wildman–Crippen MR) is 177 cm³/mol. The van der Waals surface area contributed by atoms with Gasteiger partial charge in [-0.3, -0.25) is 24.2 Å². The molecular weight excluding hydrogens is 647 g/mol. The Morgan fingerprint density at radius 2 is 1.51 bits per heavy atom. The number of benzene rings is 2. The summed E-state index contributed by atoms with van der Waals surface area (Å²) in [6.45, 7) is 1.01. The molecular formula is C32H42F3N9O5. The summed E-state index contributed by atoms with van der Waals surface area (Å²) in [4.78, 5) is 58.6. The van der Waals surface area contributed by atoms with Crippen LogP contribution >= 0.6 is 0 Å². The number of rotatable bonds is 18. The molecule has 0 aliphatic rings. The van der Waals surface area contributed by atoms with Crippen LogP contribution in [-0.2, 0) is 25.6 Å². The number of para-hydroxylation sites is 1. The van der Waals surface area contributed by atoms with Gasteiger partial charge in [-0.05, 0) is 49.2 Å². The fraction of sp³-hybridized carbons (Fsp3) is 0.406. The van der Waals surface area contributed by atoms with Crippen LogP contribution in [0.1, 0.15) is 24.8 Å². The van der Waals surface area contributed by atoms with E-state index in [1.54, 1.807) is 24.3 Å². The van der Waals surface area contributed by atoms with E-state index in [0.29, 0.717) is 23.2 Å². The standard InChI is InChI=1S/C32H42F3N9O5/c33-32(34,35)49-23-9-7-20(8-10-23)16-27(31(48)41-22-17-21-4-1-2-5-25(21)40-19-22)43-30(47)26(6-3-11-36)42-29(46)24(39)18-28(45)44(14-12-37)15-13-38/h1-2,4-5,7-10,17,19,24,26-27H,3,6,11-16,18,36-39H2,(H,41,48)(H,42,46)(H,43,47)/t24-,26+,27+/m1/s1. The molecule has 0 unspecified atom stereocenters. The lowest BCUT2D eigenvalue weighted by atomic mass is 10.0. The molecule has 0 aliphatic carbocycles. The van der Waals surface area contributed by atoms with Gasteiger partial charge in [0.05, 0.1) is 29.9 Å². The monoisotopic (exact) mass is 689 g/mol. The predicted octanol–water partition coefficient (Wildman–Crippen LogP) is 0.487. The number of carbonyl (C=O) groups is 4. The Hall–Kier alpha value is -4.84. The largest absolute Gasteiger partial charge is 0.573 e. The van der Waals surface area contributed by atoms with E-state index in [-0.39, 0.29) is 52.0 Å². The molecule has 0 radical (unpaired) electrons. The lowest BCUT2D eigenvalue weighted by Gasteiger charge is -2.25. The summed E-state index contributed by atoms with van der Waals surface area (Å²) in [5.41, 5.74) is 24.2. The molecule has 0 saturated carbocycles. The molecule has 0 spiro atoms. The first-order valence-corrected chi connectivity index (χ1v) is 15.6. The van der Waals surface area contributed by atoms with Crippen molar-refractivity contribution in [1.29, 1.82) is 0 Å². The second-order valence-electron chi connectivity index (χ2n) is 11.1. The summed E-state index contributed by atoms with van der Waals surface area (Å²) in [5.74, 6) is -3.09. The van der Waals surface area contributed by atoms with Crippen LogP contribution in [0.25, 0.3) is 10.9 Å². The number of halogens is 3. The van der Waals surface area contributed by atoms with Crippen LogP contribution < -0.4 is 43.6 Å². The Balaban J connectivity index is 1.80. The van der Waals surface area contributed by atoms with E-state index in [2.05, 4.69) is 25.7 Å². The minimum Gasteiger partial charge on any atom is -0.406 e.